The number of halogens is 1. The van der Waals surface area contributed by atoms with Crippen LogP contribution in [0.15, 0.2) is 12.1 Å². The van der Waals surface area contributed by atoms with Crippen molar-refractivity contribution >= 4 is 22.6 Å². The highest BCUT2D eigenvalue weighted by atomic mass is 127. The van der Waals surface area contributed by atoms with Crippen molar-refractivity contribution in [1.82, 2.24) is 0 Å². The topological polar surface area (TPSA) is 58.9 Å². The zero-order chi connectivity index (χ0) is 14.6. The molecule has 0 unspecified atom stereocenters. The molecule has 1 atom stereocenters. The normalized spacial score (nSPS) is 12.9. The molecule has 0 fully saturated rings. The minimum absolute atomic E-state index is 0.00633. The van der Waals surface area contributed by atoms with Crippen LogP contribution in [0.25, 0.3) is 0 Å². The Balaban J connectivity index is 3.21. The maximum atomic E-state index is 9.74. The number of benzene rings is 1. The van der Waals surface area contributed by atoms with E-state index in [-0.39, 0.29) is 18.8 Å². The van der Waals surface area contributed by atoms with Gasteiger partial charge in [0.15, 0.2) is 11.5 Å². The minimum atomic E-state index is -0.906. The summed E-state index contributed by atoms with van der Waals surface area (Å²) < 4.78 is 12.4. The number of hydrogen-bond acceptors (Lipinski definition) is 4. The molecule has 5 heteroatoms. The first-order valence-electron chi connectivity index (χ1n) is 6.30. The Morgan fingerprint density at radius 2 is 1.68 bits per heavy atom. The summed E-state index contributed by atoms with van der Waals surface area (Å²) in [6.07, 6.45) is -0.861. The van der Waals surface area contributed by atoms with Crippen molar-refractivity contribution in [2.75, 3.05) is 6.61 Å². The molecule has 0 spiro atoms. The minimum Gasteiger partial charge on any atom is -0.487 e. The van der Waals surface area contributed by atoms with E-state index in [1.165, 1.54) is 0 Å². The Morgan fingerprint density at radius 3 is 2.16 bits per heavy atom. The lowest BCUT2D eigenvalue weighted by Gasteiger charge is -2.20. The van der Waals surface area contributed by atoms with Crippen molar-refractivity contribution in [3.8, 4) is 11.5 Å². The van der Waals surface area contributed by atoms with Gasteiger partial charge in [-0.1, -0.05) is 0 Å². The summed E-state index contributed by atoms with van der Waals surface area (Å²) in [6.45, 7) is 7.45. The molecule has 4 nitrogen and oxygen atoms in total. The second-order valence-electron chi connectivity index (χ2n) is 4.86. The van der Waals surface area contributed by atoms with E-state index >= 15 is 0 Å². The monoisotopic (exact) mass is 380 g/mol. The number of aliphatic hydroxyl groups is 2. The quantitative estimate of drug-likeness (QED) is 0.746. The highest BCUT2D eigenvalue weighted by Gasteiger charge is 2.17. The molecule has 0 aliphatic rings. The van der Waals surface area contributed by atoms with Crippen LogP contribution >= 0.6 is 22.6 Å². The number of hydrogen-bond donors (Lipinski definition) is 2. The van der Waals surface area contributed by atoms with Crippen LogP contribution in [0.3, 0.4) is 0 Å². The summed E-state index contributed by atoms with van der Waals surface area (Å²) in [4.78, 5) is 0. The average molecular weight is 380 g/mol. The second-order valence-corrected chi connectivity index (χ2v) is 6.02. The highest BCUT2D eigenvalue weighted by Crippen LogP contribution is 2.37. The zero-order valence-corrected chi connectivity index (χ0v) is 13.8. The third-order valence-electron chi connectivity index (χ3n) is 2.31. The zero-order valence-electron chi connectivity index (χ0n) is 11.7. The fourth-order valence-electron chi connectivity index (χ4n) is 1.58. The maximum absolute atomic E-state index is 9.74. The standard InChI is InChI=1S/C14H21IO4/c1-8(2)18-13-6-10(12(17)7-16)5-11(15)14(13)19-9(3)4/h5-6,8-9,12,16-17H,7H2,1-4H3/t12-/m1/s1. The van der Waals surface area contributed by atoms with Gasteiger partial charge in [-0.15, -0.1) is 0 Å². The third kappa shape index (κ3) is 4.81. The van der Waals surface area contributed by atoms with Crippen molar-refractivity contribution in [2.45, 2.75) is 46.0 Å². The Morgan fingerprint density at radius 1 is 1.11 bits per heavy atom. The van der Waals surface area contributed by atoms with Crippen LogP contribution in [0.2, 0.25) is 0 Å². The molecule has 0 bridgehead atoms. The summed E-state index contributed by atoms with van der Waals surface area (Å²) in [5.74, 6) is 1.27. The lowest BCUT2D eigenvalue weighted by molar-refractivity contribution is 0.0949. The molecular weight excluding hydrogens is 359 g/mol. The number of rotatable bonds is 6. The van der Waals surface area contributed by atoms with Crippen molar-refractivity contribution in [3.63, 3.8) is 0 Å². The Kier molecular flexibility index (Phi) is 6.35. The predicted octanol–water partition coefficient (Wildman–Crippen LogP) is 2.89. The van der Waals surface area contributed by atoms with Crippen LogP contribution in [0.1, 0.15) is 39.4 Å². The second kappa shape index (κ2) is 7.31. The molecule has 0 aliphatic carbocycles. The lowest BCUT2D eigenvalue weighted by atomic mass is 10.1. The van der Waals surface area contributed by atoms with Crippen LogP contribution < -0.4 is 9.47 Å². The Bertz CT molecular complexity index is 418. The van der Waals surface area contributed by atoms with E-state index in [1.807, 2.05) is 27.7 Å². The number of ether oxygens (including phenoxy) is 2. The molecule has 0 saturated heterocycles. The largest absolute Gasteiger partial charge is 0.487 e. The van der Waals surface area contributed by atoms with Crippen molar-refractivity contribution in [2.24, 2.45) is 0 Å². The van der Waals surface area contributed by atoms with Gasteiger partial charge in [-0.25, -0.2) is 0 Å². The van der Waals surface area contributed by atoms with Crippen molar-refractivity contribution in [1.29, 1.82) is 0 Å². The molecule has 19 heavy (non-hydrogen) atoms. The molecule has 1 aromatic carbocycles. The van der Waals surface area contributed by atoms with Crippen molar-refractivity contribution < 1.29 is 19.7 Å². The number of aliphatic hydroxyl groups excluding tert-OH is 2. The fourth-order valence-corrected chi connectivity index (χ4v) is 2.33. The van der Waals surface area contributed by atoms with E-state index in [2.05, 4.69) is 22.6 Å². The summed E-state index contributed by atoms with van der Waals surface area (Å²) in [7, 11) is 0. The molecule has 1 rings (SSSR count). The summed E-state index contributed by atoms with van der Waals surface area (Å²) in [6, 6.07) is 3.52. The van der Waals surface area contributed by atoms with Gasteiger partial charge in [-0.3, -0.25) is 0 Å². The first-order valence-corrected chi connectivity index (χ1v) is 7.38. The van der Waals surface area contributed by atoms with Gasteiger partial charge in [0.2, 0.25) is 0 Å². The maximum Gasteiger partial charge on any atom is 0.174 e. The summed E-state index contributed by atoms with van der Waals surface area (Å²) >= 11 is 2.14. The van der Waals surface area contributed by atoms with E-state index < -0.39 is 6.10 Å². The fraction of sp³-hybridized carbons (Fsp3) is 0.571. The van der Waals surface area contributed by atoms with Crippen LogP contribution in [-0.2, 0) is 0 Å². The smallest absolute Gasteiger partial charge is 0.174 e. The van der Waals surface area contributed by atoms with Crippen molar-refractivity contribution in [3.05, 3.63) is 21.3 Å². The van der Waals surface area contributed by atoms with Gasteiger partial charge in [0.1, 0.15) is 6.10 Å². The van der Waals surface area contributed by atoms with Crippen LogP contribution in [0.4, 0.5) is 0 Å². The molecule has 2 N–H and O–H groups in total. The highest BCUT2D eigenvalue weighted by molar-refractivity contribution is 14.1. The van der Waals surface area contributed by atoms with Gasteiger partial charge < -0.3 is 19.7 Å². The van der Waals surface area contributed by atoms with E-state index in [4.69, 9.17) is 14.6 Å². The summed E-state index contributed by atoms with van der Waals surface area (Å²) in [5, 5.41) is 18.8. The third-order valence-corrected chi connectivity index (χ3v) is 3.11. The summed E-state index contributed by atoms with van der Waals surface area (Å²) in [5.41, 5.74) is 0.624. The molecule has 0 aromatic heterocycles. The molecule has 0 radical (unpaired) electrons. The molecule has 1 aromatic rings. The Hall–Kier alpha value is -0.530. The molecule has 0 heterocycles. The SMILES string of the molecule is CC(C)Oc1cc([C@H](O)CO)cc(I)c1OC(C)C. The molecule has 0 amide bonds. The van der Waals surface area contributed by atoms with Gasteiger partial charge in [-0.05, 0) is 68.0 Å². The van der Waals surface area contributed by atoms with Gasteiger partial charge in [0.25, 0.3) is 0 Å². The van der Waals surface area contributed by atoms with E-state index in [1.54, 1.807) is 12.1 Å². The predicted molar refractivity (Wildman–Crippen MR) is 82.7 cm³/mol. The Labute approximate surface area is 127 Å². The molecule has 0 saturated carbocycles. The lowest BCUT2D eigenvalue weighted by Crippen LogP contribution is -2.13. The van der Waals surface area contributed by atoms with E-state index in [0.29, 0.717) is 17.1 Å². The van der Waals surface area contributed by atoms with Gasteiger partial charge in [0, 0.05) is 0 Å². The average Bonchev–Trinajstić information content (AvgIpc) is 2.31. The van der Waals surface area contributed by atoms with Crippen LogP contribution in [-0.4, -0.2) is 29.0 Å². The first-order chi connectivity index (χ1) is 8.85. The molecule has 0 aliphatic heterocycles. The van der Waals surface area contributed by atoms with Gasteiger partial charge in [-0.2, -0.15) is 0 Å². The van der Waals surface area contributed by atoms with Crippen LogP contribution in [0, 0.1) is 3.57 Å². The molecular formula is C14H21IO4. The van der Waals surface area contributed by atoms with E-state index in [9.17, 15) is 5.11 Å². The van der Waals surface area contributed by atoms with Gasteiger partial charge >= 0.3 is 0 Å². The molecule has 108 valence electrons. The van der Waals surface area contributed by atoms with Gasteiger partial charge in [0.05, 0.1) is 22.4 Å². The van der Waals surface area contributed by atoms with Crippen LogP contribution in [0.5, 0.6) is 11.5 Å². The first kappa shape index (κ1) is 16.5. The van der Waals surface area contributed by atoms with E-state index in [0.717, 1.165) is 3.57 Å².